The zero-order valence-electron chi connectivity index (χ0n) is 13.1. The maximum atomic E-state index is 11.1. The van der Waals surface area contributed by atoms with Crippen LogP contribution in [-0.4, -0.2) is 36.9 Å². The van der Waals surface area contributed by atoms with E-state index in [2.05, 4.69) is 16.0 Å². The van der Waals surface area contributed by atoms with Crippen LogP contribution in [0.5, 0.6) is 5.75 Å². The molecule has 2 aromatic carbocycles. The molecule has 0 unspecified atom stereocenters. The lowest BCUT2D eigenvalue weighted by atomic mass is 10.1. The Hall–Kier alpha value is -2.21. The molecule has 2 aromatic rings. The van der Waals surface area contributed by atoms with Gasteiger partial charge in [0, 0.05) is 17.1 Å². The molecule has 0 aliphatic heterocycles. The fourth-order valence-electron chi connectivity index (χ4n) is 2.08. The van der Waals surface area contributed by atoms with E-state index in [1.165, 1.54) is 7.11 Å². The lowest BCUT2D eigenvalue weighted by Gasteiger charge is -2.07. The molecule has 122 valence electrons. The zero-order valence-corrected chi connectivity index (χ0v) is 13.9. The minimum absolute atomic E-state index is 0.216. The van der Waals surface area contributed by atoms with Crippen LogP contribution in [0.1, 0.15) is 12.8 Å². The summed E-state index contributed by atoms with van der Waals surface area (Å²) >= 11 is 1.56. The summed E-state index contributed by atoms with van der Waals surface area (Å²) in [5.41, 5.74) is 0.565. The predicted octanol–water partition coefficient (Wildman–Crippen LogP) is 3.72. The number of oxime groups is 1. The van der Waals surface area contributed by atoms with Crippen molar-refractivity contribution < 1.29 is 19.5 Å². The van der Waals surface area contributed by atoms with E-state index in [4.69, 9.17) is 9.94 Å². The number of methoxy groups -OCH3 is 2. The third kappa shape index (κ3) is 4.89. The maximum absolute atomic E-state index is 11.1. The first-order valence-corrected chi connectivity index (χ1v) is 8.12. The van der Waals surface area contributed by atoms with Crippen LogP contribution in [0, 0.1) is 0 Å². The number of hydrogen-bond donors (Lipinski definition) is 1. The highest BCUT2D eigenvalue weighted by molar-refractivity contribution is 8.00. The van der Waals surface area contributed by atoms with Gasteiger partial charge in [-0.1, -0.05) is 17.3 Å². The summed E-state index contributed by atoms with van der Waals surface area (Å²) in [6.07, 6.45) is 0.606. The van der Waals surface area contributed by atoms with E-state index >= 15 is 0 Å². The van der Waals surface area contributed by atoms with Crippen molar-refractivity contribution in [3.05, 3.63) is 36.4 Å². The van der Waals surface area contributed by atoms with E-state index in [9.17, 15) is 4.79 Å². The van der Waals surface area contributed by atoms with Crippen molar-refractivity contribution in [2.75, 3.05) is 20.0 Å². The molecule has 0 bridgehead atoms. The molecule has 0 amide bonds. The van der Waals surface area contributed by atoms with E-state index < -0.39 is 0 Å². The second-order valence-corrected chi connectivity index (χ2v) is 5.95. The van der Waals surface area contributed by atoms with Crippen LogP contribution in [-0.2, 0) is 9.53 Å². The number of benzene rings is 2. The fraction of sp³-hybridized carbons (Fsp3) is 0.294. The highest BCUT2D eigenvalue weighted by Crippen LogP contribution is 2.26. The molecule has 0 aliphatic carbocycles. The van der Waals surface area contributed by atoms with E-state index in [1.807, 2.05) is 30.3 Å². The summed E-state index contributed by atoms with van der Waals surface area (Å²) in [7, 11) is 2.99. The first kappa shape index (κ1) is 17.1. The topological polar surface area (TPSA) is 68.1 Å². The normalized spacial score (nSPS) is 11.5. The van der Waals surface area contributed by atoms with E-state index in [0.717, 1.165) is 21.4 Å². The van der Waals surface area contributed by atoms with Gasteiger partial charge in [0.15, 0.2) is 0 Å². The average Bonchev–Trinajstić information content (AvgIpc) is 2.60. The van der Waals surface area contributed by atoms with Crippen molar-refractivity contribution in [2.24, 2.45) is 5.16 Å². The molecule has 1 N–H and O–H groups in total. The predicted molar refractivity (Wildman–Crippen MR) is 91.7 cm³/mol. The molecule has 0 heterocycles. The molecule has 0 aliphatic rings. The number of fused-ring (bicyclic) bond motifs is 1. The quantitative estimate of drug-likeness (QED) is 0.275. The van der Waals surface area contributed by atoms with Crippen LogP contribution < -0.4 is 4.74 Å². The van der Waals surface area contributed by atoms with Gasteiger partial charge in [-0.05, 0) is 35.0 Å². The highest BCUT2D eigenvalue weighted by Gasteiger charge is 2.07. The molecule has 0 atom stereocenters. The second-order valence-electron chi connectivity index (χ2n) is 4.91. The van der Waals surface area contributed by atoms with Crippen molar-refractivity contribution >= 4 is 34.2 Å². The number of rotatable bonds is 7. The fourth-order valence-corrected chi connectivity index (χ4v) is 2.99. The Morgan fingerprint density at radius 2 is 1.87 bits per heavy atom. The number of carbonyl (C=O) groups is 1. The van der Waals surface area contributed by atoms with Crippen LogP contribution in [0.25, 0.3) is 10.8 Å². The van der Waals surface area contributed by atoms with E-state index in [-0.39, 0.29) is 12.4 Å². The Labute approximate surface area is 139 Å². The van der Waals surface area contributed by atoms with Crippen molar-refractivity contribution in [1.29, 1.82) is 0 Å². The van der Waals surface area contributed by atoms with Crippen molar-refractivity contribution in [1.82, 2.24) is 0 Å². The van der Waals surface area contributed by atoms with Crippen molar-refractivity contribution in [3.63, 3.8) is 0 Å². The monoisotopic (exact) mass is 333 g/mol. The smallest absolute Gasteiger partial charge is 0.305 e. The van der Waals surface area contributed by atoms with Crippen molar-refractivity contribution in [3.8, 4) is 5.75 Å². The molecule has 23 heavy (non-hydrogen) atoms. The average molecular weight is 333 g/mol. The Morgan fingerprint density at radius 1 is 1.13 bits per heavy atom. The van der Waals surface area contributed by atoms with Crippen LogP contribution >= 0.6 is 11.8 Å². The van der Waals surface area contributed by atoms with E-state index in [0.29, 0.717) is 17.9 Å². The van der Waals surface area contributed by atoms with Gasteiger partial charge in [0.05, 0.1) is 26.4 Å². The second kappa shape index (κ2) is 8.43. The number of carbonyl (C=O) groups excluding carboxylic acids is 1. The largest absolute Gasteiger partial charge is 0.497 e. The van der Waals surface area contributed by atoms with Gasteiger partial charge in [0.1, 0.15) is 5.75 Å². The molecule has 0 aromatic heterocycles. The summed E-state index contributed by atoms with van der Waals surface area (Å²) < 4.78 is 9.80. The SMILES string of the molecule is COC(=O)CC/C(CSc1ccc2cc(OC)ccc2c1)=N/O. The Kier molecular flexibility index (Phi) is 6.29. The maximum Gasteiger partial charge on any atom is 0.305 e. The van der Waals surface area contributed by atoms with Crippen molar-refractivity contribution in [2.45, 2.75) is 17.7 Å². The minimum Gasteiger partial charge on any atom is -0.497 e. The molecular formula is C17H19NO4S. The molecule has 6 heteroatoms. The molecule has 0 saturated carbocycles. The number of hydrogen-bond acceptors (Lipinski definition) is 6. The number of esters is 1. The first-order chi connectivity index (χ1) is 11.2. The Balaban J connectivity index is 1.99. The summed E-state index contributed by atoms with van der Waals surface area (Å²) in [5, 5.41) is 14.5. The van der Waals surface area contributed by atoms with Crippen LogP contribution in [0.3, 0.4) is 0 Å². The summed E-state index contributed by atoms with van der Waals surface area (Å²) in [5.74, 6) is 1.04. The summed E-state index contributed by atoms with van der Waals surface area (Å²) in [4.78, 5) is 12.2. The van der Waals surface area contributed by atoms with Crippen LogP contribution in [0.4, 0.5) is 0 Å². The zero-order chi connectivity index (χ0) is 16.7. The minimum atomic E-state index is -0.309. The number of thioether (sulfide) groups is 1. The molecule has 0 spiro atoms. The van der Waals surface area contributed by atoms with Gasteiger partial charge in [0.25, 0.3) is 0 Å². The lowest BCUT2D eigenvalue weighted by molar-refractivity contribution is -0.140. The highest BCUT2D eigenvalue weighted by atomic mass is 32.2. The van der Waals surface area contributed by atoms with Crippen LogP contribution in [0.15, 0.2) is 46.4 Å². The van der Waals surface area contributed by atoms with E-state index in [1.54, 1.807) is 18.9 Å². The molecule has 0 fully saturated rings. The first-order valence-electron chi connectivity index (χ1n) is 7.13. The van der Waals surface area contributed by atoms with Gasteiger partial charge in [0.2, 0.25) is 0 Å². The van der Waals surface area contributed by atoms with Gasteiger partial charge < -0.3 is 14.7 Å². The summed E-state index contributed by atoms with van der Waals surface area (Å²) in [6, 6.07) is 12.0. The summed E-state index contributed by atoms with van der Waals surface area (Å²) in [6.45, 7) is 0. The molecular weight excluding hydrogens is 314 g/mol. The third-order valence-corrected chi connectivity index (χ3v) is 4.48. The van der Waals surface area contributed by atoms with Crippen LogP contribution in [0.2, 0.25) is 0 Å². The molecule has 0 radical (unpaired) electrons. The molecule has 0 saturated heterocycles. The van der Waals surface area contributed by atoms with Gasteiger partial charge in [-0.3, -0.25) is 4.79 Å². The van der Waals surface area contributed by atoms with Gasteiger partial charge >= 0.3 is 5.97 Å². The van der Waals surface area contributed by atoms with Gasteiger partial charge in [-0.15, -0.1) is 11.8 Å². The standard InChI is InChI=1S/C17H19NO4S/c1-21-15-6-3-13-10-16(7-4-12(13)9-15)23-11-14(18-20)5-8-17(19)22-2/h3-4,6-7,9-10,20H,5,8,11H2,1-2H3/b18-14-. The Morgan fingerprint density at radius 3 is 2.57 bits per heavy atom. The third-order valence-electron chi connectivity index (χ3n) is 3.41. The number of ether oxygens (including phenoxy) is 2. The van der Waals surface area contributed by atoms with Gasteiger partial charge in [-0.25, -0.2) is 0 Å². The number of nitrogens with zero attached hydrogens (tertiary/aromatic N) is 1. The Bertz CT molecular complexity index is 715. The van der Waals surface area contributed by atoms with Gasteiger partial charge in [-0.2, -0.15) is 0 Å². The molecule has 5 nitrogen and oxygen atoms in total. The molecule has 2 rings (SSSR count). The lowest BCUT2D eigenvalue weighted by Crippen LogP contribution is -2.08.